The molecule has 2 aliphatic heterocycles. The molecule has 25 heavy (non-hydrogen) atoms. The van der Waals surface area contributed by atoms with Crippen LogP contribution in [-0.2, 0) is 9.47 Å². The van der Waals surface area contributed by atoms with Gasteiger partial charge < -0.3 is 14.4 Å². The number of ether oxygens (including phenoxy) is 2. The molecule has 0 aromatic carbocycles. The van der Waals surface area contributed by atoms with E-state index in [0.29, 0.717) is 24.6 Å². The number of hydrogen-bond donors (Lipinski definition) is 0. The van der Waals surface area contributed by atoms with Crippen LogP contribution in [0.1, 0.15) is 35.3 Å². The van der Waals surface area contributed by atoms with Crippen LogP contribution in [0.15, 0.2) is 30.6 Å². The van der Waals surface area contributed by atoms with E-state index in [4.69, 9.17) is 9.47 Å². The summed E-state index contributed by atoms with van der Waals surface area (Å²) in [6.45, 7) is 3.82. The number of hydrogen-bond acceptors (Lipinski definition) is 5. The molecule has 0 spiro atoms. The van der Waals surface area contributed by atoms with Crippen LogP contribution in [0.5, 0.6) is 0 Å². The van der Waals surface area contributed by atoms with Gasteiger partial charge in [-0.15, -0.1) is 0 Å². The zero-order valence-corrected chi connectivity index (χ0v) is 14.3. The third kappa shape index (κ3) is 3.05. The second-order valence-corrected chi connectivity index (χ2v) is 6.42. The second kappa shape index (κ2) is 6.93. The van der Waals surface area contributed by atoms with Crippen LogP contribution >= 0.6 is 0 Å². The minimum Gasteiger partial charge on any atom is -0.348 e. The number of likely N-dealkylation sites (tertiary alicyclic amines) is 1. The van der Waals surface area contributed by atoms with Gasteiger partial charge in [-0.25, -0.2) is 9.67 Å². The molecule has 0 bridgehead atoms. The first-order valence-corrected chi connectivity index (χ1v) is 8.76. The number of piperidine rings is 1. The summed E-state index contributed by atoms with van der Waals surface area (Å²) in [5.74, 6) is 0.695. The SMILES string of the molecule is Cc1c(C(=O)N2CCCCC2C2OCCO2)cnn1-c1ccccn1. The van der Waals surface area contributed by atoms with Crippen LogP contribution < -0.4 is 0 Å². The molecule has 4 rings (SSSR count). The average molecular weight is 342 g/mol. The van der Waals surface area contributed by atoms with Crippen molar-refractivity contribution in [2.24, 2.45) is 0 Å². The predicted molar refractivity (Wildman–Crippen MR) is 90.5 cm³/mol. The van der Waals surface area contributed by atoms with Gasteiger partial charge in [-0.3, -0.25) is 4.79 Å². The molecule has 1 atom stereocenters. The topological polar surface area (TPSA) is 69.5 Å². The maximum atomic E-state index is 13.2. The third-order valence-corrected chi connectivity index (χ3v) is 4.88. The van der Waals surface area contributed by atoms with Crippen molar-refractivity contribution in [3.8, 4) is 5.82 Å². The highest BCUT2D eigenvalue weighted by molar-refractivity contribution is 5.95. The Morgan fingerprint density at radius 3 is 2.84 bits per heavy atom. The van der Waals surface area contributed by atoms with E-state index in [1.807, 2.05) is 30.0 Å². The highest BCUT2D eigenvalue weighted by Gasteiger charge is 2.37. The van der Waals surface area contributed by atoms with Gasteiger partial charge in [0.15, 0.2) is 12.1 Å². The molecule has 0 N–H and O–H groups in total. The summed E-state index contributed by atoms with van der Waals surface area (Å²) >= 11 is 0. The molecule has 4 heterocycles. The lowest BCUT2D eigenvalue weighted by Gasteiger charge is -2.37. The van der Waals surface area contributed by atoms with Crippen molar-refractivity contribution >= 4 is 5.91 Å². The van der Waals surface area contributed by atoms with Gasteiger partial charge >= 0.3 is 0 Å². The van der Waals surface area contributed by atoms with Crippen LogP contribution in [0, 0.1) is 6.92 Å². The number of carbonyl (C=O) groups is 1. The maximum absolute atomic E-state index is 13.2. The van der Waals surface area contributed by atoms with E-state index in [9.17, 15) is 4.79 Å². The van der Waals surface area contributed by atoms with Gasteiger partial charge in [0.05, 0.1) is 36.7 Å². The van der Waals surface area contributed by atoms with Crippen molar-refractivity contribution in [2.45, 2.75) is 38.5 Å². The maximum Gasteiger partial charge on any atom is 0.257 e. The van der Waals surface area contributed by atoms with Gasteiger partial charge in [0.25, 0.3) is 5.91 Å². The summed E-state index contributed by atoms with van der Waals surface area (Å²) in [5, 5.41) is 4.37. The number of rotatable bonds is 3. The highest BCUT2D eigenvalue weighted by atomic mass is 16.7. The Hall–Kier alpha value is -2.25. The largest absolute Gasteiger partial charge is 0.348 e. The molecular weight excluding hydrogens is 320 g/mol. The summed E-state index contributed by atoms with van der Waals surface area (Å²) in [4.78, 5) is 19.4. The van der Waals surface area contributed by atoms with Crippen molar-refractivity contribution < 1.29 is 14.3 Å². The summed E-state index contributed by atoms with van der Waals surface area (Å²) in [6.07, 6.45) is 6.04. The molecule has 0 aliphatic carbocycles. The zero-order chi connectivity index (χ0) is 17.2. The molecular formula is C18H22N4O3. The molecule has 1 unspecified atom stereocenters. The molecule has 2 aliphatic rings. The Morgan fingerprint density at radius 2 is 2.08 bits per heavy atom. The van der Waals surface area contributed by atoms with E-state index in [1.54, 1.807) is 17.1 Å². The van der Waals surface area contributed by atoms with E-state index < -0.39 is 0 Å². The molecule has 2 aromatic heterocycles. The lowest BCUT2D eigenvalue weighted by atomic mass is 10.0. The van der Waals surface area contributed by atoms with Crippen LogP contribution in [0.25, 0.3) is 5.82 Å². The van der Waals surface area contributed by atoms with Gasteiger partial charge in [0.2, 0.25) is 0 Å². The molecule has 7 heteroatoms. The minimum absolute atomic E-state index is 0.0107. The van der Waals surface area contributed by atoms with Crippen LogP contribution in [0.4, 0.5) is 0 Å². The Kier molecular flexibility index (Phi) is 4.50. The first-order valence-electron chi connectivity index (χ1n) is 8.76. The lowest BCUT2D eigenvalue weighted by molar-refractivity contribution is -0.100. The van der Waals surface area contributed by atoms with E-state index in [-0.39, 0.29) is 18.2 Å². The van der Waals surface area contributed by atoms with E-state index in [0.717, 1.165) is 31.5 Å². The predicted octanol–water partition coefficient (Wildman–Crippen LogP) is 1.94. The molecule has 2 aromatic rings. The Bertz CT molecular complexity index is 740. The minimum atomic E-state index is -0.310. The smallest absolute Gasteiger partial charge is 0.257 e. The molecule has 2 fully saturated rings. The summed E-state index contributed by atoms with van der Waals surface area (Å²) < 4.78 is 13.0. The van der Waals surface area contributed by atoms with E-state index in [1.165, 1.54) is 0 Å². The molecule has 7 nitrogen and oxygen atoms in total. The van der Waals surface area contributed by atoms with Gasteiger partial charge in [0.1, 0.15) is 0 Å². The highest BCUT2D eigenvalue weighted by Crippen LogP contribution is 2.27. The summed E-state index contributed by atoms with van der Waals surface area (Å²) in [6, 6.07) is 5.61. The molecule has 0 saturated carbocycles. The number of nitrogens with zero attached hydrogens (tertiary/aromatic N) is 4. The summed E-state index contributed by atoms with van der Waals surface area (Å²) in [5.41, 5.74) is 1.40. The van der Waals surface area contributed by atoms with Crippen molar-refractivity contribution in [1.29, 1.82) is 0 Å². The third-order valence-electron chi connectivity index (χ3n) is 4.88. The molecule has 0 radical (unpaired) electrons. The Morgan fingerprint density at radius 1 is 1.24 bits per heavy atom. The number of amides is 1. The van der Waals surface area contributed by atoms with Crippen LogP contribution in [0.3, 0.4) is 0 Å². The van der Waals surface area contributed by atoms with Crippen LogP contribution in [-0.4, -0.2) is 57.7 Å². The fraction of sp³-hybridized carbons (Fsp3) is 0.500. The van der Waals surface area contributed by atoms with Gasteiger partial charge in [-0.1, -0.05) is 6.07 Å². The number of pyridine rings is 1. The van der Waals surface area contributed by atoms with Gasteiger partial charge in [0, 0.05) is 12.7 Å². The van der Waals surface area contributed by atoms with Gasteiger partial charge in [-0.2, -0.15) is 5.10 Å². The van der Waals surface area contributed by atoms with Crippen molar-refractivity contribution in [3.05, 3.63) is 41.9 Å². The normalized spacial score (nSPS) is 21.6. The standard InChI is InChI=1S/C18H22N4O3/c1-13-14(12-20-22(13)16-7-2-4-8-19-16)17(23)21-9-5-3-6-15(21)18-24-10-11-25-18/h2,4,7-8,12,15,18H,3,5-6,9-11H2,1H3. The van der Waals surface area contributed by atoms with E-state index >= 15 is 0 Å². The quantitative estimate of drug-likeness (QED) is 0.853. The van der Waals surface area contributed by atoms with Gasteiger partial charge in [-0.05, 0) is 38.3 Å². The first-order chi connectivity index (χ1) is 12.3. The Labute approximate surface area is 146 Å². The van der Waals surface area contributed by atoms with Crippen LogP contribution in [0.2, 0.25) is 0 Å². The average Bonchev–Trinajstić information content (AvgIpc) is 3.32. The monoisotopic (exact) mass is 342 g/mol. The molecule has 1 amide bonds. The summed E-state index contributed by atoms with van der Waals surface area (Å²) in [7, 11) is 0. The fourth-order valence-electron chi connectivity index (χ4n) is 3.58. The zero-order valence-electron chi connectivity index (χ0n) is 14.3. The molecule has 2 saturated heterocycles. The van der Waals surface area contributed by atoms with E-state index in [2.05, 4.69) is 10.1 Å². The van der Waals surface area contributed by atoms with Crippen molar-refractivity contribution in [2.75, 3.05) is 19.8 Å². The Balaban J connectivity index is 1.60. The molecule has 132 valence electrons. The van der Waals surface area contributed by atoms with Crippen molar-refractivity contribution in [3.63, 3.8) is 0 Å². The first kappa shape index (κ1) is 16.2. The van der Waals surface area contributed by atoms with Crippen molar-refractivity contribution in [1.82, 2.24) is 19.7 Å². The lowest BCUT2D eigenvalue weighted by Crippen LogP contribution is -2.50. The second-order valence-electron chi connectivity index (χ2n) is 6.42. The number of aromatic nitrogens is 3. The number of carbonyl (C=O) groups excluding carboxylic acids is 1. The fourth-order valence-corrected chi connectivity index (χ4v) is 3.58.